The van der Waals surface area contributed by atoms with Gasteiger partial charge in [-0.15, -0.1) is 0 Å². The van der Waals surface area contributed by atoms with E-state index in [1.807, 2.05) is 26.0 Å². The minimum atomic E-state index is -0.407. The molecule has 0 saturated carbocycles. The van der Waals surface area contributed by atoms with Crippen molar-refractivity contribution in [1.29, 1.82) is 0 Å². The van der Waals surface area contributed by atoms with Crippen LogP contribution in [-0.2, 0) is 4.79 Å². The van der Waals surface area contributed by atoms with Crippen molar-refractivity contribution >= 4 is 5.91 Å². The number of rotatable bonds is 2. The predicted molar refractivity (Wildman–Crippen MR) is 63.2 cm³/mol. The Morgan fingerprint density at radius 3 is 2.62 bits per heavy atom. The molecular weight excluding hydrogens is 202 g/mol. The van der Waals surface area contributed by atoms with Gasteiger partial charge in [-0.05, 0) is 37.1 Å². The second kappa shape index (κ2) is 5.22. The lowest BCUT2D eigenvalue weighted by molar-refractivity contribution is -0.117. The Balaban J connectivity index is 3.00. The lowest BCUT2D eigenvalue weighted by Crippen LogP contribution is -2.08. The van der Waals surface area contributed by atoms with Gasteiger partial charge in [-0.1, -0.05) is 11.8 Å². The van der Waals surface area contributed by atoms with E-state index < -0.39 is 5.91 Å². The van der Waals surface area contributed by atoms with Gasteiger partial charge in [-0.3, -0.25) is 4.79 Å². The Morgan fingerprint density at radius 1 is 1.38 bits per heavy atom. The standard InChI is InChI=1S/C13H15NO2/c1-9-8-12(16-3)10(2)7-11(9)5-4-6-13(14)15/h7-8H,6H2,1-3H3,(H2,14,15). The average molecular weight is 217 g/mol. The minimum Gasteiger partial charge on any atom is -0.496 e. The lowest BCUT2D eigenvalue weighted by atomic mass is 10.0. The summed E-state index contributed by atoms with van der Waals surface area (Å²) in [4.78, 5) is 10.5. The molecule has 0 bridgehead atoms. The number of ether oxygens (including phenoxy) is 1. The van der Waals surface area contributed by atoms with Crippen molar-refractivity contribution in [2.75, 3.05) is 7.11 Å². The van der Waals surface area contributed by atoms with E-state index in [-0.39, 0.29) is 6.42 Å². The largest absolute Gasteiger partial charge is 0.496 e. The van der Waals surface area contributed by atoms with Crippen molar-refractivity contribution in [3.63, 3.8) is 0 Å². The van der Waals surface area contributed by atoms with E-state index in [0.29, 0.717) is 0 Å². The summed E-state index contributed by atoms with van der Waals surface area (Å²) in [6.45, 7) is 3.91. The van der Waals surface area contributed by atoms with Gasteiger partial charge in [-0.2, -0.15) is 0 Å². The van der Waals surface area contributed by atoms with Gasteiger partial charge in [0.15, 0.2) is 0 Å². The fraction of sp³-hybridized carbons (Fsp3) is 0.308. The van der Waals surface area contributed by atoms with Gasteiger partial charge in [0.25, 0.3) is 0 Å². The van der Waals surface area contributed by atoms with E-state index in [9.17, 15) is 4.79 Å². The fourth-order valence-corrected chi connectivity index (χ4v) is 1.37. The molecule has 0 aliphatic rings. The Morgan fingerprint density at radius 2 is 2.06 bits per heavy atom. The van der Waals surface area contributed by atoms with Gasteiger partial charge >= 0.3 is 0 Å². The molecule has 1 aromatic carbocycles. The second-order valence-electron chi connectivity index (χ2n) is 3.58. The third-order valence-electron chi connectivity index (χ3n) is 2.23. The number of aryl methyl sites for hydroxylation is 2. The van der Waals surface area contributed by atoms with E-state index >= 15 is 0 Å². The summed E-state index contributed by atoms with van der Waals surface area (Å²) in [5, 5.41) is 0. The number of benzene rings is 1. The number of carbonyl (C=O) groups is 1. The number of methoxy groups -OCH3 is 1. The third-order valence-corrected chi connectivity index (χ3v) is 2.23. The SMILES string of the molecule is COc1cc(C)c(C#CCC(N)=O)cc1C. The molecule has 16 heavy (non-hydrogen) atoms. The maximum Gasteiger partial charge on any atom is 0.229 e. The summed E-state index contributed by atoms with van der Waals surface area (Å²) < 4.78 is 5.20. The molecule has 0 aromatic heterocycles. The molecule has 3 nitrogen and oxygen atoms in total. The molecule has 0 radical (unpaired) electrons. The molecule has 0 unspecified atom stereocenters. The van der Waals surface area contributed by atoms with Gasteiger partial charge in [0, 0.05) is 5.56 Å². The number of hydrogen-bond acceptors (Lipinski definition) is 2. The molecule has 0 aliphatic heterocycles. The van der Waals surface area contributed by atoms with Crippen molar-refractivity contribution in [2.45, 2.75) is 20.3 Å². The molecule has 2 N–H and O–H groups in total. The van der Waals surface area contributed by atoms with Crippen LogP contribution in [0.15, 0.2) is 12.1 Å². The van der Waals surface area contributed by atoms with Crippen molar-refractivity contribution < 1.29 is 9.53 Å². The summed E-state index contributed by atoms with van der Waals surface area (Å²) in [6, 6.07) is 3.88. The molecular formula is C13H15NO2. The lowest BCUT2D eigenvalue weighted by Gasteiger charge is -2.07. The van der Waals surface area contributed by atoms with Crippen LogP contribution in [0, 0.1) is 25.7 Å². The van der Waals surface area contributed by atoms with Gasteiger partial charge in [-0.25, -0.2) is 0 Å². The summed E-state index contributed by atoms with van der Waals surface area (Å²) >= 11 is 0. The maximum absolute atomic E-state index is 10.5. The van der Waals surface area contributed by atoms with E-state index in [1.165, 1.54) is 0 Å². The highest BCUT2D eigenvalue weighted by Gasteiger charge is 2.02. The highest BCUT2D eigenvalue weighted by Crippen LogP contribution is 2.21. The van der Waals surface area contributed by atoms with Crippen molar-refractivity contribution in [2.24, 2.45) is 5.73 Å². The van der Waals surface area contributed by atoms with Crippen LogP contribution < -0.4 is 10.5 Å². The first-order valence-electron chi connectivity index (χ1n) is 4.97. The van der Waals surface area contributed by atoms with Crippen LogP contribution in [0.2, 0.25) is 0 Å². The monoisotopic (exact) mass is 217 g/mol. The average Bonchev–Trinajstić information content (AvgIpc) is 2.22. The highest BCUT2D eigenvalue weighted by molar-refractivity contribution is 5.76. The van der Waals surface area contributed by atoms with Crippen LogP contribution in [0.1, 0.15) is 23.1 Å². The zero-order chi connectivity index (χ0) is 12.1. The van der Waals surface area contributed by atoms with Crippen LogP contribution in [-0.4, -0.2) is 13.0 Å². The predicted octanol–water partition coefficient (Wildman–Crippen LogP) is 1.54. The number of carbonyl (C=O) groups excluding carboxylic acids is 1. The Kier molecular flexibility index (Phi) is 3.96. The van der Waals surface area contributed by atoms with Gasteiger partial charge in [0.2, 0.25) is 5.91 Å². The highest BCUT2D eigenvalue weighted by atomic mass is 16.5. The number of amides is 1. The number of nitrogens with two attached hydrogens (primary N) is 1. The number of primary amides is 1. The van der Waals surface area contributed by atoms with Crippen LogP contribution >= 0.6 is 0 Å². The smallest absolute Gasteiger partial charge is 0.229 e. The quantitative estimate of drug-likeness (QED) is 0.764. The van der Waals surface area contributed by atoms with Gasteiger partial charge < -0.3 is 10.5 Å². The molecule has 0 spiro atoms. The second-order valence-corrected chi connectivity index (χ2v) is 3.58. The summed E-state index contributed by atoms with van der Waals surface area (Å²) in [5.74, 6) is 6.11. The Hall–Kier alpha value is -1.95. The first kappa shape index (κ1) is 12.1. The normalized spacial score (nSPS) is 9.19. The van der Waals surface area contributed by atoms with Crippen LogP contribution in [0.5, 0.6) is 5.75 Å². The Labute approximate surface area is 95.6 Å². The molecule has 84 valence electrons. The zero-order valence-corrected chi connectivity index (χ0v) is 9.76. The molecule has 0 saturated heterocycles. The summed E-state index contributed by atoms with van der Waals surface area (Å²) in [7, 11) is 1.64. The van der Waals surface area contributed by atoms with E-state index in [1.54, 1.807) is 7.11 Å². The molecule has 1 amide bonds. The molecule has 0 atom stereocenters. The molecule has 3 heteroatoms. The van der Waals surface area contributed by atoms with E-state index in [2.05, 4.69) is 11.8 Å². The van der Waals surface area contributed by atoms with Gasteiger partial charge in [0.1, 0.15) is 5.75 Å². The molecule has 0 heterocycles. The van der Waals surface area contributed by atoms with Crippen molar-refractivity contribution in [1.82, 2.24) is 0 Å². The first-order valence-corrected chi connectivity index (χ1v) is 4.97. The number of hydrogen-bond donors (Lipinski definition) is 1. The zero-order valence-electron chi connectivity index (χ0n) is 9.76. The molecule has 0 fully saturated rings. The van der Waals surface area contributed by atoms with Crippen molar-refractivity contribution in [3.05, 3.63) is 28.8 Å². The van der Waals surface area contributed by atoms with E-state index in [0.717, 1.165) is 22.4 Å². The fourth-order valence-electron chi connectivity index (χ4n) is 1.37. The van der Waals surface area contributed by atoms with Crippen molar-refractivity contribution in [3.8, 4) is 17.6 Å². The van der Waals surface area contributed by atoms with E-state index in [4.69, 9.17) is 10.5 Å². The molecule has 1 rings (SSSR count). The van der Waals surface area contributed by atoms with Gasteiger partial charge in [0.05, 0.1) is 13.5 Å². The maximum atomic E-state index is 10.5. The summed E-state index contributed by atoms with van der Waals surface area (Å²) in [5.41, 5.74) is 7.96. The topological polar surface area (TPSA) is 52.3 Å². The molecule has 0 aliphatic carbocycles. The Bertz CT molecular complexity index is 467. The van der Waals surface area contributed by atoms with Crippen LogP contribution in [0.25, 0.3) is 0 Å². The van der Waals surface area contributed by atoms with Crippen LogP contribution in [0.4, 0.5) is 0 Å². The third kappa shape index (κ3) is 3.03. The minimum absolute atomic E-state index is 0.0878. The molecule has 1 aromatic rings. The van der Waals surface area contributed by atoms with Crippen LogP contribution in [0.3, 0.4) is 0 Å². The summed E-state index contributed by atoms with van der Waals surface area (Å²) in [6.07, 6.45) is 0.0878. The first-order chi connectivity index (χ1) is 7.54.